The average Bonchev–Trinajstić information content (AvgIpc) is 3.40. The van der Waals surface area contributed by atoms with Crippen LogP contribution in [0.1, 0.15) is 32.9 Å². The first-order valence-electron chi connectivity index (χ1n) is 13.7. The Balaban J connectivity index is 1.32. The van der Waals surface area contributed by atoms with E-state index in [0.29, 0.717) is 12.8 Å². The number of sulfonamides is 1. The number of ketones is 1. The number of rotatable bonds is 9. The number of fused-ring (bicyclic) bond motifs is 1. The molecule has 3 heterocycles. The summed E-state index contributed by atoms with van der Waals surface area (Å²) >= 11 is 0. The number of halogens is 4. The van der Waals surface area contributed by atoms with Crippen molar-refractivity contribution in [1.82, 2.24) is 14.7 Å². The Morgan fingerprint density at radius 3 is 2.59 bits per heavy atom. The van der Waals surface area contributed by atoms with E-state index in [1.54, 1.807) is 0 Å². The topological polar surface area (TPSA) is 122 Å². The number of nitrogens with one attached hydrogen (secondary N) is 3. The lowest BCUT2D eigenvalue weighted by Crippen LogP contribution is -2.40. The smallest absolute Gasteiger partial charge is 0.208 e. The van der Waals surface area contributed by atoms with Crippen LogP contribution >= 0.6 is 0 Å². The summed E-state index contributed by atoms with van der Waals surface area (Å²) in [6.45, 7) is -0.266. The Labute approximate surface area is 236 Å². The number of benzene rings is 2. The summed E-state index contributed by atoms with van der Waals surface area (Å²) in [5.74, 6) is -5.72. The fourth-order valence-corrected chi connectivity index (χ4v) is 4.87. The van der Waals surface area contributed by atoms with Crippen molar-refractivity contribution in [2.45, 2.75) is 25.0 Å². The van der Waals surface area contributed by atoms with Crippen molar-refractivity contribution in [3.63, 3.8) is 0 Å². The molecule has 0 unspecified atom stereocenters. The predicted octanol–water partition coefficient (Wildman–Crippen LogP) is 4.65. The summed E-state index contributed by atoms with van der Waals surface area (Å²) < 4.78 is 116. The number of ether oxygens (including phenoxy) is 2. The highest BCUT2D eigenvalue weighted by Gasteiger charge is 2.27. The molecule has 4 aromatic rings. The number of anilines is 1. The SMILES string of the molecule is [2H]C([2H])([2H])S(=O)(=O)NC[C@@H]1CC[C@@H](Nc2c(F)cnc3[nH]cc(C(=O)c4ccc(Oc5c(F)cccc5F)cc4F)c23)CO1. The van der Waals surface area contributed by atoms with Gasteiger partial charge in [0.15, 0.2) is 29.0 Å². The van der Waals surface area contributed by atoms with Gasteiger partial charge in [0.2, 0.25) is 10.0 Å². The molecule has 2 aromatic heterocycles. The van der Waals surface area contributed by atoms with Crippen LogP contribution in [0, 0.1) is 23.3 Å². The van der Waals surface area contributed by atoms with E-state index in [4.69, 9.17) is 13.6 Å². The number of aromatic nitrogens is 2. The molecule has 9 nitrogen and oxygen atoms in total. The maximum atomic E-state index is 15.1. The third kappa shape index (κ3) is 6.34. The standard InChI is InChI=1S/C27H24F4N4O5S/c1-41(37,38)34-10-16-6-5-14(13-39-16)35-24-22(31)12-33-27-23(24)18(11-32-27)25(36)17-8-7-15(9-21(17)30)40-26-19(28)3-2-4-20(26)29/h2-4,7-9,11-12,14,16,34H,5-6,10,13H2,1H3,(H2,32,33,35)/t14-,16+/m1/s1/i1D3. The molecule has 0 radical (unpaired) electrons. The average molecular weight is 596 g/mol. The largest absolute Gasteiger partial charge is 0.451 e. The second-order valence-corrected chi connectivity index (χ2v) is 10.6. The van der Waals surface area contributed by atoms with Crippen LogP contribution in [0.25, 0.3) is 11.0 Å². The van der Waals surface area contributed by atoms with Gasteiger partial charge in [-0.3, -0.25) is 4.79 Å². The Bertz CT molecular complexity index is 1810. The van der Waals surface area contributed by atoms with Gasteiger partial charge in [0.1, 0.15) is 17.2 Å². The van der Waals surface area contributed by atoms with Crippen molar-refractivity contribution in [2.75, 3.05) is 24.7 Å². The first-order chi connectivity index (χ1) is 20.7. The van der Waals surface area contributed by atoms with Crippen molar-refractivity contribution in [3.8, 4) is 11.5 Å². The van der Waals surface area contributed by atoms with E-state index in [0.717, 1.165) is 42.6 Å². The molecule has 0 spiro atoms. The minimum Gasteiger partial charge on any atom is -0.451 e. The first kappa shape index (κ1) is 24.8. The molecule has 1 aliphatic rings. The Morgan fingerprint density at radius 2 is 1.90 bits per heavy atom. The van der Waals surface area contributed by atoms with Crippen LogP contribution in [0.15, 0.2) is 48.8 Å². The minimum atomic E-state index is -4.54. The van der Waals surface area contributed by atoms with Gasteiger partial charge in [-0.2, -0.15) is 0 Å². The van der Waals surface area contributed by atoms with E-state index < -0.39 is 68.7 Å². The van der Waals surface area contributed by atoms with E-state index in [-0.39, 0.29) is 41.2 Å². The third-order valence-electron chi connectivity index (χ3n) is 6.44. The van der Waals surface area contributed by atoms with Crippen LogP contribution in [-0.4, -0.2) is 55.7 Å². The number of nitrogens with zero attached hydrogens (tertiary/aromatic N) is 1. The zero-order valence-corrected chi connectivity index (χ0v) is 21.8. The first-order valence-corrected chi connectivity index (χ1v) is 13.7. The van der Waals surface area contributed by atoms with Crippen molar-refractivity contribution < 1.29 is 44.4 Å². The molecule has 0 saturated carbocycles. The number of carbonyl (C=O) groups is 1. The van der Waals surface area contributed by atoms with E-state index in [1.807, 2.05) is 4.72 Å². The third-order valence-corrected chi connectivity index (χ3v) is 6.99. The van der Waals surface area contributed by atoms with Gasteiger partial charge in [0, 0.05) is 29.0 Å². The normalized spacial score (nSPS) is 18.9. The zero-order valence-electron chi connectivity index (χ0n) is 24.0. The molecule has 5 rings (SSSR count). The van der Waals surface area contributed by atoms with Gasteiger partial charge in [0.05, 0.1) is 47.3 Å². The Morgan fingerprint density at radius 1 is 1.12 bits per heavy atom. The fourth-order valence-electron chi connectivity index (χ4n) is 4.47. The molecule has 2 aromatic carbocycles. The number of hydrogen-bond acceptors (Lipinski definition) is 7. The van der Waals surface area contributed by atoms with Gasteiger partial charge in [-0.1, -0.05) is 6.07 Å². The van der Waals surface area contributed by atoms with E-state index >= 15 is 8.78 Å². The van der Waals surface area contributed by atoms with Crippen LogP contribution < -0.4 is 14.8 Å². The lowest BCUT2D eigenvalue weighted by molar-refractivity contribution is 0.0133. The fraction of sp³-hybridized carbons (Fsp3) is 0.259. The summed E-state index contributed by atoms with van der Waals surface area (Å²) in [5, 5.41) is 3.02. The molecule has 1 saturated heterocycles. The molecule has 0 aliphatic carbocycles. The highest BCUT2D eigenvalue weighted by Crippen LogP contribution is 2.33. The quantitative estimate of drug-likeness (QED) is 0.190. The molecule has 0 amide bonds. The van der Waals surface area contributed by atoms with E-state index in [9.17, 15) is 22.0 Å². The van der Waals surface area contributed by atoms with Crippen LogP contribution in [0.2, 0.25) is 0 Å². The molecular weight excluding hydrogens is 568 g/mol. The maximum absolute atomic E-state index is 15.1. The Kier molecular flexibility index (Phi) is 6.92. The summed E-state index contributed by atoms with van der Waals surface area (Å²) in [5.41, 5.74) is -0.520. The summed E-state index contributed by atoms with van der Waals surface area (Å²) in [6, 6.07) is 5.59. The van der Waals surface area contributed by atoms with Gasteiger partial charge >= 0.3 is 0 Å². The van der Waals surface area contributed by atoms with Crippen molar-refractivity contribution in [3.05, 3.63) is 83.2 Å². The molecule has 1 aliphatic heterocycles. The van der Waals surface area contributed by atoms with Gasteiger partial charge < -0.3 is 19.8 Å². The number of para-hydroxylation sites is 1. The second kappa shape index (κ2) is 11.5. The molecule has 0 bridgehead atoms. The lowest BCUT2D eigenvalue weighted by atomic mass is 10.0. The van der Waals surface area contributed by atoms with Gasteiger partial charge in [-0.25, -0.2) is 35.7 Å². The lowest BCUT2D eigenvalue weighted by Gasteiger charge is -2.30. The van der Waals surface area contributed by atoms with Crippen molar-refractivity contribution in [2.24, 2.45) is 0 Å². The van der Waals surface area contributed by atoms with Gasteiger partial charge in [0.25, 0.3) is 0 Å². The zero-order chi connectivity index (χ0) is 31.8. The van der Waals surface area contributed by atoms with Crippen LogP contribution in [0.3, 0.4) is 0 Å². The van der Waals surface area contributed by atoms with Crippen LogP contribution in [0.5, 0.6) is 11.5 Å². The monoisotopic (exact) mass is 595 g/mol. The van der Waals surface area contributed by atoms with Crippen LogP contribution in [-0.2, 0) is 14.8 Å². The number of aromatic amines is 1. The molecule has 3 N–H and O–H groups in total. The highest BCUT2D eigenvalue weighted by atomic mass is 32.2. The maximum Gasteiger partial charge on any atom is 0.208 e. The number of carbonyl (C=O) groups excluding carboxylic acids is 1. The summed E-state index contributed by atoms with van der Waals surface area (Å²) in [4.78, 5) is 20.1. The number of pyridine rings is 1. The predicted molar refractivity (Wildman–Crippen MR) is 142 cm³/mol. The Hall–Kier alpha value is -4.01. The van der Waals surface area contributed by atoms with Gasteiger partial charge in [-0.05, 0) is 37.1 Å². The van der Waals surface area contributed by atoms with E-state index in [1.165, 1.54) is 6.20 Å². The van der Waals surface area contributed by atoms with Crippen LogP contribution in [0.4, 0.5) is 23.2 Å². The highest BCUT2D eigenvalue weighted by molar-refractivity contribution is 7.88. The molecule has 14 heteroatoms. The number of H-pyrrole nitrogens is 1. The summed E-state index contributed by atoms with van der Waals surface area (Å²) in [7, 11) is -4.54. The van der Waals surface area contributed by atoms with Crippen molar-refractivity contribution >= 4 is 32.5 Å². The molecule has 2 atom stereocenters. The second-order valence-electron chi connectivity index (χ2n) is 9.26. The molecule has 216 valence electrons. The number of hydrogen-bond donors (Lipinski definition) is 3. The van der Waals surface area contributed by atoms with Crippen molar-refractivity contribution in [1.29, 1.82) is 0 Å². The molecule has 1 fully saturated rings. The summed E-state index contributed by atoms with van der Waals surface area (Å²) in [6.07, 6.45) is -1.00. The van der Waals surface area contributed by atoms with Gasteiger partial charge in [-0.15, -0.1) is 0 Å². The van der Waals surface area contributed by atoms with E-state index in [2.05, 4.69) is 15.3 Å². The molecular formula is C27H24F4N4O5S. The minimum absolute atomic E-state index is 0.00415. The molecule has 41 heavy (non-hydrogen) atoms.